The van der Waals surface area contributed by atoms with E-state index in [4.69, 9.17) is 0 Å². The third kappa shape index (κ3) is 3.61. The summed E-state index contributed by atoms with van der Waals surface area (Å²) in [5.41, 5.74) is 1.35. The highest BCUT2D eigenvalue weighted by molar-refractivity contribution is 5.18. The van der Waals surface area contributed by atoms with Crippen LogP contribution in [0.1, 0.15) is 18.1 Å². The topological polar surface area (TPSA) is 4.44 Å². The Labute approximate surface area is 112 Å². The Balaban J connectivity index is 2.11. The smallest absolute Gasteiger partial charge is 0.135 e. The lowest BCUT2D eigenvalue weighted by Gasteiger charge is -2.18. The number of hydrogen-bond donors (Lipinski definition) is 1. The maximum atomic E-state index is 13.6. The Morgan fingerprint density at radius 3 is 2.05 bits per heavy atom. The molecule has 2 rings (SSSR count). The Hall–Kier alpha value is -1.74. The molecule has 1 atom stereocenters. The minimum atomic E-state index is -0.459. The molecule has 0 saturated heterocycles. The quantitative estimate of drug-likeness (QED) is 0.844. The zero-order valence-electron chi connectivity index (χ0n) is 11.0. The van der Waals surface area contributed by atoms with Crippen molar-refractivity contribution in [1.82, 2.24) is 0 Å². The molecule has 1 unspecified atom stereocenters. The first kappa shape index (κ1) is 13.7. The standard InChI is InChI=1S/C16H17F2N/c1-2-19(11-13-7-4-3-5-8-13)12-14-15(17)9-6-10-16(14)18/h3-10H,2,11-12H2,1H3/p+1. The highest BCUT2D eigenvalue weighted by Gasteiger charge is 2.15. The Morgan fingerprint density at radius 1 is 0.842 bits per heavy atom. The SMILES string of the molecule is CC[NH+](Cc1ccccc1)Cc1c(F)cccc1F. The summed E-state index contributed by atoms with van der Waals surface area (Å²) in [5.74, 6) is -0.918. The molecule has 0 bridgehead atoms. The molecule has 1 nitrogen and oxygen atoms in total. The predicted molar refractivity (Wildman–Crippen MR) is 71.7 cm³/mol. The fraction of sp³-hybridized carbons (Fsp3) is 0.250. The molecule has 0 spiro atoms. The van der Waals surface area contributed by atoms with Crippen molar-refractivity contribution in [3.05, 3.63) is 71.3 Å². The molecule has 0 saturated carbocycles. The molecular weight excluding hydrogens is 244 g/mol. The van der Waals surface area contributed by atoms with Gasteiger partial charge in [0.1, 0.15) is 24.7 Å². The van der Waals surface area contributed by atoms with E-state index in [2.05, 4.69) is 0 Å². The van der Waals surface area contributed by atoms with E-state index in [1.54, 1.807) is 0 Å². The molecule has 2 aromatic carbocycles. The summed E-state index contributed by atoms with van der Waals surface area (Å²) >= 11 is 0. The minimum absolute atomic E-state index is 0.176. The van der Waals surface area contributed by atoms with E-state index in [0.29, 0.717) is 6.54 Å². The fourth-order valence-corrected chi connectivity index (χ4v) is 2.15. The molecule has 2 aromatic rings. The van der Waals surface area contributed by atoms with E-state index in [9.17, 15) is 8.78 Å². The number of benzene rings is 2. The normalized spacial score (nSPS) is 12.4. The first-order chi connectivity index (χ1) is 9.20. The largest absolute Gasteiger partial charge is 0.327 e. The van der Waals surface area contributed by atoms with Crippen LogP contribution in [0.2, 0.25) is 0 Å². The van der Waals surface area contributed by atoms with Crippen molar-refractivity contribution in [2.75, 3.05) is 6.54 Å². The molecule has 0 radical (unpaired) electrons. The Kier molecular flexibility index (Phi) is 4.63. The van der Waals surface area contributed by atoms with Crippen molar-refractivity contribution >= 4 is 0 Å². The monoisotopic (exact) mass is 262 g/mol. The van der Waals surface area contributed by atoms with Crippen LogP contribution in [-0.4, -0.2) is 6.54 Å². The van der Waals surface area contributed by atoms with Gasteiger partial charge in [-0.15, -0.1) is 0 Å². The van der Waals surface area contributed by atoms with Gasteiger partial charge in [-0.2, -0.15) is 0 Å². The van der Waals surface area contributed by atoms with Crippen molar-refractivity contribution in [3.63, 3.8) is 0 Å². The van der Waals surface area contributed by atoms with E-state index in [-0.39, 0.29) is 5.56 Å². The van der Waals surface area contributed by atoms with Gasteiger partial charge in [0.2, 0.25) is 0 Å². The van der Waals surface area contributed by atoms with Crippen LogP contribution in [0.3, 0.4) is 0 Å². The summed E-state index contributed by atoms with van der Waals surface area (Å²) in [6, 6.07) is 14.0. The van der Waals surface area contributed by atoms with Crippen molar-refractivity contribution in [2.24, 2.45) is 0 Å². The van der Waals surface area contributed by atoms with E-state index < -0.39 is 11.6 Å². The molecule has 0 aliphatic heterocycles. The summed E-state index contributed by atoms with van der Waals surface area (Å²) in [7, 11) is 0. The van der Waals surface area contributed by atoms with Gasteiger partial charge in [0.05, 0.1) is 12.1 Å². The van der Waals surface area contributed by atoms with Crippen molar-refractivity contribution in [2.45, 2.75) is 20.0 Å². The van der Waals surface area contributed by atoms with Crippen LogP contribution in [0.4, 0.5) is 8.78 Å². The van der Waals surface area contributed by atoms with Gasteiger partial charge in [0, 0.05) is 5.56 Å². The predicted octanol–water partition coefficient (Wildman–Crippen LogP) is 2.57. The summed E-state index contributed by atoms with van der Waals surface area (Å²) in [4.78, 5) is 1.13. The lowest BCUT2D eigenvalue weighted by atomic mass is 10.1. The van der Waals surface area contributed by atoms with Crippen molar-refractivity contribution < 1.29 is 13.7 Å². The van der Waals surface area contributed by atoms with Gasteiger partial charge >= 0.3 is 0 Å². The van der Waals surface area contributed by atoms with Gasteiger partial charge in [0.25, 0.3) is 0 Å². The van der Waals surface area contributed by atoms with Crippen LogP contribution in [0.15, 0.2) is 48.5 Å². The fourth-order valence-electron chi connectivity index (χ4n) is 2.15. The van der Waals surface area contributed by atoms with Crippen LogP contribution in [0, 0.1) is 11.6 Å². The average molecular weight is 262 g/mol. The molecule has 1 N–H and O–H groups in total. The third-order valence-corrected chi connectivity index (χ3v) is 3.29. The number of halogens is 2. The van der Waals surface area contributed by atoms with E-state index >= 15 is 0 Å². The van der Waals surface area contributed by atoms with Crippen LogP contribution in [0.25, 0.3) is 0 Å². The molecule has 0 heterocycles. The highest BCUT2D eigenvalue weighted by atomic mass is 19.1. The van der Waals surface area contributed by atoms with Gasteiger partial charge in [-0.1, -0.05) is 36.4 Å². The summed E-state index contributed by atoms with van der Waals surface area (Å²) in [5, 5.41) is 0. The van der Waals surface area contributed by atoms with E-state index in [0.717, 1.165) is 18.0 Å². The van der Waals surface area contributed by atoms with Crippen LogP contribution < -0.4 is 4.90 Å². The first-order valence-corrected chi connectivity index (χ1v) is 6.51. The molecule has 0 fully saturated rings. The van der Waals surface area contributed by atoms with E-state index in [1.807, 2.05) is 37.3 Å². The van der Waals surface area contributed by atoms with Gasteiger partial charge < -0.3 is 4.90 Å². The second-order valence-electron chi connectivity index (χ2n) is 4.64. The third-order valence-electron chi connectivity index (χ3n) is 3.29. The lowest BCUT2D eigenvalue weighted by molar-refractivity contribution is -0.926. The van der Waals surface area contributed by atoms with Crippen LogP contribution >= 0.6 is 0 Å². The van der Waals surface area contributed by atoms with Gasteiger partial charge in [0.15, 0.2) is 0 Å². The molecule has 100 valence electrons. The molecule has 19 heavy (non-hydrogen) atoms. The molecule has 0 amide bonds. The Bertz CT molecular complexity index is 505. The van der Waals surface area contributed by atoms with E-state index in [1.165, 1.54) is 23.8 Å². The van der Waals surface area contributed by atoms with Gasteiger partial charge in [-0.05, 0) is 19.1 Å². The molecule has 0 aliphatic carbocycles. The maximum Gasteiger partial charge on any atom is 0.135 e. The number of hydrogen-bond acceptors (Lipinski definition) is 0. The first-order valence-electron chi connectivity index (χ1n) is 6.51. The zero-order chi connectivity index (χ0) is 13.7. The van der Waals surface area contributed by atoms with Crippen LogP contribution in [-0.2, 0) is 13.1 Å². The lowest BCUT2D eigenvalue weighted by Crippen LogP contribution is -3.09. The number of nitrogens with one attached hydrogen (secondary N) is 1. The summed E-state index contributed by atoms with van der Waals surface area (Å²) < 4.78 is 27.3. The van der Waals surface area contributed by atoms with Crippen molar-refractivity contribution in [1.29, 1.82) is 0 Å². The van der Waals surface area contributed by atoms with Gasteiger partial charge in [-0.3, -0.25) is 0 Å². The van der Waals surface area contributed by atoms with Gasteiger partial charge in [-0.25, -0.2) is 8.78 Å². The summed E-state index contributed by atoms with van der Waals surface area (Å²) in [6.45, 7) is 3.98. The average Bonchev–Trinajstić information content (AvgIpc) is 2.43. The molecular formula is C16H18F2N+. The molecule has 0 aromatic heterocycles. The second kappa shape index (κ2) is 6.43. The number of quaternary nitrogens is 1. The van der Waals surface area contributed by atoms with Crippen LogP contribution in [0.5, 0.6) is 0 Å². The maximum absolute atomic E-state index is 13.6. The molecule has 0 aliphatic rings. The highest BCUT2D eigenvalue weighted by Crippen LogP contribution is 2.10. The zero-order valence-corrected chi connectivity index (χ0v) is 11.0. The molecule has 3 heteroatoms. The Morgan fingerprint density at radius 2 is 1.47 bits per heavy atom. The second-order valence-corrected chi connectivity index (χ2v) is 4.64. The minimum Gasteiger partial charge on any atom is -0.327 e. The summed E-state index contributed by atoms with van der Waals surface area (Å²) in [6.07, 6.45) is 0. The number of rotatable bonds is 5. The van der Waals surface area contributed by atoms with Crippen molar-refractivity contribution in [3.8, 4) is 0 Å².